The summed E-state index contributed by atoms with van der Waals surface area (Å²) in [5, 5.41) is 3.21. The molecule has 1 amide bonds. The fourth-order valence-electron chi connectivity index (χ4n) is 2.53. The Balaban J connectivity index is 1.89. The van der Waals surface area contributed by atoms with Crippen LogP contribution in [0.25, 0.3) is 0 Å². The van der Waals surface area contributed by atoms with Gasteiger partial charge in [0.05, 0.1) is 0 Å². The maximum atomic E-state index is 12.1. The van der Waals surface area contributed by atoms with E-state index < -0.39 is 0 Å². The van der Waals surface area contributed by atoms with Gasteiger partial charge in [0.25, 0.3) is 5.91 Å². The number of hydrogen-bond acceptors (Lipinski definition) is 4. The molecule has 0 bridgehead atoms. The average molecular weight is 297 g/mol. The largest absolute Gasteiger partial charge is 0.384 e. The maximum Gasteiger partial charge on any atom is 0.251 e. The lowest BCUT2D eigenvalue weighted by molar-refractivity contribution is 0.0925. The number of piperidine rings is 1. The molecule has 20 heavy (non-hydrogen) atoms. The summed E-state index contributed by atoms with van der Waals surface area (Å²) in [5.41, 5.74) is 6.05. The van der Waals surface area contributed by atoms with Crippen LogP contribution in [-0.2, 0) is 0 Å². The van der Waals surface area contributed by atoms with Gasteiger partial charge in [0.2, 0.25) is 0 Å². The number of halogens is 1. The Hall–Kier alpha value is -1.33. The Labute approximate surface area is 124 Å². The molecule has 1 aromatic heterocycles. The van der Waals surface area contributed by atoms with Gasteiger partial charge in [-0.1, -0.05) is 18.0 Å². The molecule has 6 heteroatoms. The third-order valence-electron chi connectivity index (χ3n) is 3.43. The second-order valence-corrected chi connectivity index (χ2v) is 5.73. The van der Waals surface area contributed by atoms with Gasteiger partial charge < -0.3 is 16.0 Å². The maximum absolute atomic E-state index is 12.1. The normalized spacial score (nSPS) is 17.7. The summed E-state index contributed by atoms with van der Waals surface area (Å²) in [5.74, 6) is 0.0943. The van der Waals surface area contributed by atoms with Crippen molar-refractivity contribution in [2.45, 2.75) is 32.2 Å². The third kappa shape index (κ3) is 4.35. The minimum absolute atomic E-state index is 0.0914. The number of nitrogens with zero attached hydrogens (tertiary/aromatic N) is 2. The van der Waals surface area contributed by atoms with Crippen molar-refractivity contribution in [2.24, 2.45) is 0 Å². The Morgan fingerprint density at radius 2 is 2.15 bits per heavy atom. The molecular weight excluding hydrogens is 276 g/mol. The van der Waals surface area contributed by atoms with Gasteiger partial charge in [-0.3, -0.25) is 4.79 Å². The summed E-state index contributed by atoms with van der Waals surface area (Å²) >= 11 is 5.81. The number of likely N-dealkylation sites (tertiary alicyclic amines) is 1. The van der Waals surface area contributed by atoms with Gasteiger partial charge >= 0.3 is 0 Å². The van der Waals surface area contributed by atoms with E-state index in [2.05, 4.69) is 15.2 Å². The number of rotatable bonds is 4. The van der Waals surface area contributed by atoms with Crippen LogP contribution < -0.4 is 11.1 Å². The van der Waals surface area contributed by atoms with Gasteiger partial charge in [0.1, 0.15) is 11.0 Å². The van der Waals surface area contributed by atoms with Crippen molar-refractivity contribution in [1.29, 1.82) is 0 Å². The number of amides is 1. The van der Waals surface area contributed by atoms with Crippen molar-refractivity contribution in [3.63, 3.8) is 0 Å². The number of carbonyl (C=O) groups excluding carboxylic acids is 1. The molecule has 1 saturated heterocycles. The van der Waals surface area contributed by atoms with E-state index in [0.29, 0.717) is 5.56 Å². The summed E-state index contributed by atoms with van der Waals surface area (Å²) in [6.45, 7) is 5.13. The number of hydrogen-bond donors (Lipinski definition) is 2. The highest BCUT2D eigenvalue weighted by atomic mass is 35.5. The third-order valence-corrected chi connectivity index (χ3v) is 3.63. The van der Waals surface area contributed by atoms with Gasteiger partial charge in [0.15, 0.2) is 0 Å². The molecule has 1 aromatic rings. The zero-order chi connectivity index (χ0) is 14.5. The number of nitrogen functional groups attached to an aromatic ring is 1. The Morgan fingerprint density at radius 1 is 1.45 bits per heavy atom. The molecule has 1 aliphatic rings. The van der Waals surface area contributed by atoms with E-state index in [1.165, 1.54) is 31.4 Å². The number of carbonyl (C=O) groups is 1. The summed E-state index contributed by atoms with van der Waals surface area (Å²) < 4.78 is 0. The smallest absolute Gasteiger partial charge is 0.251 e. The monoisotopic (exact) mass is 296 g/mol. The molecule has 3 N–H and O–H groups in total. The van der Waals surface area contributed by atoms with Crippen molar-refractivity contribution < 1.29 is 4.79 Å². The van der Waals surface area contributed by atoms with Crippen LogP contribution in [0.5, 0.6) is 0 Å². The lowest BCUT2D eigenvalue weighted by Gasteiger charge is -2.29. The molecule has 1 aliphatic heterocycles. The predicted octanol–water partition coefficient (Wildman–Crippen LogP) is 1.92. The number of anilines is 1. The number of nitrogens with one attached hydrogen (secondary N) is 1. The minimum Gasteiger partial charge on any atom is -0.384 e. The summed E-state index contributed by atoms with van der Waals surface area (Å²) in [4.78, 5) is 18.4. The zero-order valence-corrected chi connectivity index (χ0v) is 12.5. The lowest BCUT2D eigenvalue weighted by atomic mass is 10.1. The van der Waals surface area contributed by atoms with Crippen molar-refractivity contribution >= 4 is 23.3 Å². The molecule has 1 fully saturated rings. The highest BCUT2D eigenvalue weighted by Crippen LogP contribution is 2.13. The number of nitrogens with two attached hydrogens (primary N) is 1. The molecule has 0 spiro atoms. The van der Waals surface area contributed by atoms with Crippen LogP contribution >= 0.6 is 11.6 Å². The number of aromatic nitrogens is 1. The molecular formula is C14H21ClN4O. The summed E-state index contributed by atoms with van der Waals surface area (Å²) in [7, 11) is 0. The molecule has 0 aromatic carbocycles. The SMILES string of the molecule is CC(CN1CCCCC1)NC(=O)c1cc(N)nc(Cl)c1. The molecule has 0 saturated carbocycles. The molecule has 0 aliphatic carbocycles. The Morgan fingerprint density at radius 3 is 2.80 bits per heavy atom. The van der Waals surface area contributed by atoms with Crippen LogP contribution in [0.4, 0.5) is 5.82 Å². The molecule has 2 rings (SSSR count). The first-order valence-corrected chi connectivity index (χ1v) is 7.38. The molecule has 5 nitrogen and oxygen atoms in total. The van der Waals surface area contributed by atoms with Crippen LogP contribution in [0.1, 0.15) is 36.5 Å². The van der Waals surface area contributed by atoms with Gasteiger partial charge in [-0.05, 0) is 45.0 Å². The van der Waals surface area contributed by atoms with Gasteiger partial charge in [-0.2, -0.15) is 0 Å². The molecule has 0 radical (unpaired) electrons. The van der Waals surface area contributed by atoms with Crippen molar-refractivity contribution in [1.82, 2.24) is 15.2 Å². The van der Waals surface area contributed by atoms with Crippen LogP contribution in [0, 0.1) is 0 Å². The van der Waals surface area contributed by atoms with Crippen LogP contribution in [0.2, 0.25) is 5.15 Å². The van der Waals surface area contributed by atoms with E-state index in [1.54, 1.807) is 0 Å². The van der Waals surface area contributed by atoms with E-state index in [-0.39, 0.29) is 22.9 Å². The van der Waals surface area contributed by atoms with Crippen LogP contribution in [0.15, 0.2) is 12.1 Å². The second kappa shape index (κ2) is 6.90. The highest BCUT2D eigenvalue weighted by Gasteiger charge is 2.16. The standard InChI is InChI=1S/C14H21ClN4O/c1-10(9-19-5-3-2-4-6-19)17-14(20)11-7-12(15)18-13(16)8-11/h7-8,10H,2-6,9H2,1H3,(H2,16,18)(H,17,20). The van der Waals surface area contributed by atoms with Crippen LogP contribution in [-0.4, -0.2) is 41.5 Å². The van der Waals surface area contributed by atoms with Crippen LogP contribution in [0.3, 0.4) is 0 Å². The average Bonchev–Trinajstić information content (AvgIpc) is 2.38. The van der Waals surface area contributed by atoms with E-state index >= 15 is 0 Å². The fourth-order valence-corrected chi connectivity index (χ4v) is 2.75. The van der Waals surface area contributed by atoms with Crippen molar-refractivity contribution in [3.05, 3.63) is 22.8 Å². The molecule has 1 unspecified atom stereocenters. The first-order chi connectivity index (χ1) is 9.54. The molecule has 110 valence electrons. The molecule has 2 heterocycles. The van der Waals surface area contributed by atoms with E-state index in [4.69, 9.17) is 17.3 Å². The number of pyridine rings is 1. The fraction of sp³-hybridized carbons (Fsp3) is 0.571. The highest BCUT2D eigenvalue weighted by molar-refractivity contribution is 6.29. The van der Waals surface area contributed by atoms with Gasteiger partial charge in [-0.15, -0.1) is 0 Å². The Bertz CT molecular complexity index is 454. The summed E-state index contributed by atoms with van der Waals surface area (Å²) in [6.07, 6.45) is 3.81. The van der Waals surface area contributed by atoms with E-state index in [0.717, 1.165) is 19.6 Å². The lowest BCUT2D eigenvalue weighted by Crippen LogP contribution is -2.43. The minimum atomic E-state index is -0.162. The Kier molecular flexibility index (Phi) is 5.20. The van der Waals surface area contributed by atoms with Gasteiger partial charge in [0, 0.05) is 18.2 Å². The zero-order valence-electron chi connectivity index (χ0n) is 11.7. The topological polar surface area (TPSA) is 71.2 Å². The second-order valence-electron chi connectivity index (χ2n) is 5.34. The molecule has 1 atom stereocenters. The first kappa shape index (κ1) is 15.1. The summed E-state index contributed by atoms with van der Waals surface area (Å²) in [6, 6.07) is 3.16. The predicted molar refractivity (Wildman–Crippen MR) is 80.9 cm³/mol. The van der Waals surface area contributed by atoms with Crippen molar-refractivity contribution in [3.8, 4) is 0 Å². The van der Waals surface area contributed by atoms with Crippen molar-refractivity contribution in [2.75, 3.05) is 25.4 Å². The van der Waals surface area contributed by atoms with E-state index in [1.807, 2.05) is 6.92 Å². The van der Waals surface area contributed by atoms with Gasteiger partial charge in [-0.25, -0.2) is 4.98 Å². The first-order valence-electron chi connectivity index (χ1n) is 7.01. The van der Waals surface area contributed by atoms with E-state index in [9.17, 15) is 4.79 Å². The quantitative estimate of drug-likeness (QED) is 0.833.